The number of carbonyl (C=O) groups is 2. The molecule has 3 rings (SSSR count). The lowest BCUT2D eigenvalue weighted by molar-refractivity contribution is -0.123. The first-order valence-corrected chi connectivity index (χ1v) is 9.54. The number of hydrogen-bond acceptors (Lipinski definition) is 4. The summed E-state index contributed by atoms with van der Waals surface area (Å²) in [6, 6.07) is 15.7. The van der Waals surface area contributed by atoms with E-state index in [1.807, 2.05) is 62.4 Å². The molecule has 1 heterocycles. The number of carbonyl (C=O) groups excluding carboxylic acids is 2. The van der Waals surface area contributed by atoms with E-state index in [9.17, 15) is 9.59 Å². The van der Waals surface area contributed by atoms with Crippen LogP contribution < -0.4 is 5.32 Å². The van der Waals surface area contributed by atoms with E-state index in [1.54, 1.807) is 10.9 Å². The number of ether oxygens (including phenoxy) is 1. The van der Waals surface area contributed by atoms with Gasteiger partial charge in [-0.1, -0.05) is 48.4 Å². The van der Waals surface area contributed by atoms with E-state index >= 15 is 0 Å². The average molecular weight is 401 g/mol. The van der Waals surface area contributed by atoms with Crippen LogP contribution in [0.4, 0.5) is 0 Å². The van der Waals surface area contributed by atoms with Crippen molar-refractivity contribution in [2.45, 2.75) is 20.4 Å². The van der Waals surface area contributed by atoms with Crippen LogP contribution in [0.3, 0.4) is 0 Å². The van der Waals surface area contributed by atoms with E-state index in [0.29, 0.717) is 17.8 Å². The van der Waals surface area contributed by atoms with Gasteiger partial charge in [0.25, 0.3) is 5.91 Å². The number of hydrogen-bond donors (Lipinski definition) is 1. The molecule has 1 amide bonds. The van der Waals surface area contributed by atoms with Crippen LogP contribution in [-0.2, 0) is 16.1 Å². The third-order valence-corrected chi connectivity index (χ3v) is 4.67. The summed E-state index contributed by atoms with van der Waals surface area (Å²) < 4.78 is 6.90. The van der Waals surface area contributed by atoms with Gasteiger partial charge < -0.3 is 10.1 Å². The predicted molar refractivity (Wildman–Crippen MR) is 115 cm³/mol. The zero-order chi connectivity index (χ0) is 21.5. The molecular weight excluding hydrogens is 378 g/mol. The van der Waals surface area contributed by atoms with Gasteiger partial charge in [-0.3, -0.25) is 9.48 Å². The molecule has 0 fully saturated rings. The summed E-state index contributed by atoms with van der Waals surface area (Å²) in [7, 11) is 0. The lowest BCUT2D eigenvalue weighted by Gasteiger charge is -2.06. The van der Waals surface area contributed by atoms with Crippen molar-refractivity contribution in [1.29, 1.82) is 0 Å². The summed E-state index contributed by atoms with van der Waals surface area (Å²) >= 11 is 0. The summed E-state index contributed by atoms with van der Waals surface area (Å²) in [5, 5.41) is 7.10. The molecular formula is C24H23N3O3. The van der Waals surface area contributed by atoms with Gasteiger partial charge in [0, 0.05) is 11.8 Å². The first-order chi connectivity index (χ1) is 14.5. The summed E-state index contributed by atoms with van der Waals surface area (Å²) in [6.07, 6.45) is 6.77. The maximum absolute atomic E-state index is 12.7. The van der Waals surface area contributed by atoms with Crippen molar-refractivity contribution in [3.8, 4) is 23.6 Å². The van der Waals surface area contributed by atoms with Crippen LogP contribution in [0, 0.1) is 26.2 Å². The molecule has 6 nitrogen and oxygen atoms in total. The molecule has 0 unspecified atom stereocenters. The van der Waals surface area contributed by atoms with Crippen LogP contribution in [0.2, 0.25) is 0 Å². The van der Waals surface area contributed by atoms with Crippen LogP contribution in [0.15, 0.2) is 54.7 Å². The molecule has 0 aliphatic heterocycles. The molecule has 0 atom stereocenters. The molecule has 0 aliphatic carbocycles. The predicted octanol–water partition coefficient (Wildman–Crippen LogP) is 3.12. The van der Waals surface area contributed by atoms with Crippen molar-refractivity contribution in [3.05, 3.63) is 77.0 Å². The van der Waals surface area contributed by atoms with Gasteiger partial charge in [-0.2, -0.15) is 5.10 Å². The largest absolute Gasteiger partial charge is 0.452 e. The third-order valence-electron chi connectivity index (χ3n) is 4.67. The fraction of sp³-hybridized carbons (Fsp3) is 0.208. The van der Waals surface area contributed by atoms with Gasteiger partial charge in [-0.15, -0.1) is 6.42 Å². The van der Waals surface area contributed by atoms with E-state index in [2.05, 4.69) is 16.3 Å². The average Bonchev–Trinajstić information content (AvgIpc) is 3.17. The molecule has 0 bridgehead atoms. The van der Waals surface area contributed by atoms with Crippen molar-refractivity contribution >= 4 is 11.9 Å². The molecule has 1 N–H and O–H groups in total. The van der Waals surface area contributed by atoms with Gasteiger partial charge >= 0.3 is 5.97 Å². The highest BCUT2D eigenvalue weighted by Gasteiger charge is 2.20. The Hall–Kier alpha value is -3.85. The van der Waals surface area contributed by atoms with E-state index < -0.39 is 18.5 Å². The lowest BCUT2D eigenvalue weighted by Crippen LogP contribution is -2.29. The van der Waals surface area contributed by atoms with Crippen molar-refractivity contribution in [2.75, 3.05) is 13.2 Å². The summed E-state index contributed by atoms with van der Waals surface area (Å²) in [6.45, 7) is 4.22. The van der Waals surface area contributed by atoms with E-state index in [0.717, 1.165) is 22.3 Å². The van der Waals surface area contributed by atoms with Crippen LogP contribution in [-0.4, -0.2) is 34.8 Å². The Balaban J connectivity index is 1.89. The van der Waals surface area contributed by atoms with Crippen molar-refractivity contribution < 1.29 is 14.3 Å². The normalized spacial score (nSPS) is 10.3. The lowest BCUT2D eigenvalue weighted by atomic mass is 10.0. The Morgan fingerprint density at radius 3 is 2.60 bits per heavy atom. The van der Waals surface area contributed by atoms with Gasteiger partial charge in [0.1, 0.15) is 11.3 Å². The Labute approximate surface area is 175 Å². The van der Waals surface area contributed by atoms with Crippen molar-refractivity contribution in [1.82, 2.24) is 15.1 Å². The third kappa shape index (κ3) is 5.15. The van der Waals surface area contributed by atoms with Gasteiger partial charge in [-0.25, -0.2) is 4.79 Å². The monoisotopic (exact) mass is 401 g/mol. The van der Waals surface area contributed by atoms with E-state index in [4.69, 9.17) is 11.2 Å². The smallest absolute Gasteiger partial charge is 0.342 e. The molecule has 0 saturated heterocycles. The van der Waals surface area contributed by atoms with Gasteiger partial charge in [-0.05, 0) is 36.6 Å². The number of nitrogens with one attached hydrogen (secondary N) is 1. The SMILES string of the molecule is C#CCNC(=O)COC(=O)c1cn(Cc2ccccc2)nc1-c1ccc(C)c(C)c1. The Morgan fingerprint density at radius 2 is 1.90 bits per heavy atom. The number of nitrogens with zero attached hydrogens (tertiary/aromatic N) is 2. The van der Waals surface area contributed by atoms with Crippen LogP contribution >= 0.6 is 0 Å². The Bertz CT molecular complexity index is 1090. The topological polar surface area (TPSA) is 73.2 Å². The minimum Gasteiger partial charge on any atom is -0.452 e. The minimum atomic E-state index is -0.613. The summed E-state index contributed by atoms with van der Waals surface area (Å²) in [5.74, 6) is 1.23. The maximum atomic E-state index is 12.7. The van der Waals surface area contributed by atoms with Gasteiger partial charge in [0.15, 0.2) is 6.61 Å². The molecule has 2 aromatic carbocycles. The number of aromatic nitrogens is 2. The van der Waals surface area contributed by atoms with Gasteiger partial charge in [0.2, 0.25) is 0 Å². The number of rotatable bonds is 7. The quantitative estimate of drug-likeness (QED) is 0.488. The molecule has 0 saturated carbocycles. The summed E-state index contributed by atoms with van der Waals surface area (Å²) in [5.41, 5.74) is 4.94. The van der Waals surface area contributed by atoms with E-state index in [1.165, 1.54) is 0 Å². The molecule has 30 heavy (non-hydrogen) atoms. The molecule has 0 radical (unpaired) electrons. The highest BCUT2D eigenvalue weighted by molar-refractivity contribution is 5.97. The maximum Gasteiger partial charge on any atom is 0.342 e. The zero-order valence-electron chi connectivity index (χ0n) is 17.0. The second-order valence-corrected chi connectivity index (χ2v) is 6.93. The van der Waals surface area contributed by atoms with Crippen LogP contribution in [0.25, 0.3) is 11.3 Å². The van der Waals surface area contributed by atoms with Crippen molar-refractivity contribution in [2.24, 2.45) is 0 Å². The number of benzene rings is 2. The molecule has 0 spiro atoms. The number of amides is 1. The first kappa shape index (κ1) is 20.9. The van der Waals surface area contributed by atoms with Gasteiger partial charge in [0.05, 0.1) is 13.1 Å². The standard InChI is InChI=1S/C24H23N3O3/c1-4-12-25-22(28)16-30-24(29)21-15-27(14-19-8-6-5-7-9-19)26-23(21)20-11-10-17(2)18(3)13-20/h1,5-11,13,15H,12,14,16H2,2-3H3,(H,25,28). The summed E-state index contributed by atoms with van der Waals surface area (Å²) in [4.78, 5) is 24.5. The molecule has 0 aliphatic rings. The molecule has 152 valence electrons. The fourth-order valence-corrected chi connectivity index (χ4v) is 2.93. The molecule has 6 heteroatoms. The number of terminal acetylenes is 1. The minimum absolute atomic E-state index is 0.0826. The number of aryl methyl sites for hydroxylation is 2. The van der Waals surface area contributed by atoms with Crippen LogP contribution in [0.1, 0.15) is 27.0 Å². The first-order valence-electron chi connectivity index (χ1n) is 9.54. The fourth-order valence-electron chi connectivity index (χ4n) is 2.93. The van der Waals surface area contributed by atoms with Crippen molar-refractivity contribution in [3.63, 3.8) is 0 Å². The molecule has 1 aromatic heterocycles. The molecule has 3 aromatic rings. The Morgan fingerprint density at radius 1 is 1.13 bits per heavy atom. The number of esters is 1. The van der Waals surface area contributed by atoms with Crippen LogP contribution in [0.5, 0.6) is 0 Å². The second-order valence-electron chi connectivity index (χ2n) is 6.93. The Kier molecular flexibility index (Phi) is 6.66. The second kappa shape index (κ2) is 9.57. The highest BCUT2D eigenvalue weighted by atomic mass is 16.5. The highest BCUT2D eigenvalue weighted by Crippen LogP contribution is 2.25. The van der Waals surface area contributed by atoms with E-state index in [-0.39, 0.29) is 6.54 Å². The zero-order valence-corrected chi connectivity index (χ0v) is 17.0.